The molecule has 4 unspecified atom stereocenters. The third kappa shape index (κ3) is 5.54. The van der Waals surface area contributed by atoms with E-state index in [0.717, 1.165) is 0 Å². The SMILES string of the molecule is C[C@]1(COP(=O)(O)OP(=O)(O)OP(=O)(O)O)O[C@@](C)(n2cnc3c2NC=NC3N)CC1O. The first kappa shape index (κ1) is 25.6. The number of aliphatic imine (C=N–C) groups is 1. The fourth-order valence-electron chi connectivity index (χ4n) is 3.30. The summed E-state index contributed by atoms with van der Waals surface area (Å²) >= 11 is 0. The van der Waals surface area contributed by atoms with Gasteiger partial charge in [-0.1, -0.05) is 0 Å². The molecule has 1 saturated heterocycles. The standard InChI is InChI=1S/C12H22N5O12P3/c1-11(4-26-31(22,23)29-32(24,25)28-30(19,20)21)7(18)3-12(2,27-11)17-6-16-8-9(13)14-5-15-10(8)17/h5-7,9,18H,3-4,13H2,1-2H3,(H,14,15)(H,22,23)(H,24,25)(H2,19,20,21)/t7?,9?,11-,12-/m1/s1. The molecule has 0 amide bonds. The van der Waals surface area contributed by atoms with Crippen LogP contribution in [0.5, 0.6) is 0 Å². The number of phosphoric acid groups is 3. The lowest BCUT2D eigenvalue weighted by Crippen LogP contribution is -2.42. The van der Waals surface area contributed by atoms with Crippen LogP contribution < -0.4 is 11.1 Å². The monoisotopic (exact) mass is 521 g/mol. The van der Waals surface area contributed by atoms with E-state index in [0.29, 0.717) is 11.5 Å². The van der Waals surface area contributed by atoms with Crippen LogP contribution in [0.2, 0.25) is 0 Å². The molecule has 0 saturated carbocycles. The van der Waals surface area contributed by atoms with E-state index in [4.69, 9.17) is 20.3 Å². The van der Waals surface area contributed by atoms with Crippen LogP contribution in [-0.2, 0) is 37.3 Å². The third-order valence-electron chi connectivity index (χ3n) is 4.68. The Balaban J connectivity index is 1.73. The molecular formula is C12H22N5O12P3. The average molecular weight is 521 g/mol. The summed E-state index contributed by atoms with van der Waals surface area (Å²) in [5.74, 6) is 0.458. The van der Waals surface area contributed by atoms with Crippen molar-refractivity contribution in [2.45, 2.75) is 43.9 Å². The Morgan fingerprint density at radius 1 is 1.25 bits per heavy atom. The number of hydrogen-bond donors (Lipinski definition) is 7. The summed E-state index contributed by atoms with van der Waals surface area (Å²) < 4.78 is 53.6. The van der Waals surface area contributed by atoms with Crippen molar-refractivity contribution >= 4 is 35.6 Å². The van der Waals surface area contributed by atoms with Gasteiger partial charge >= 0.3 is 23.5 Å². The van der Waals surface area contributed by atoms with E-state index in [1.54, 1.807) is 11.5 Å². The summed E-state index contributed by atoms with van der Waals surface area (Å²) in [6, 6.07) is 0. The van der Waals surface area contributed by atoms with Gasteiger partial charge in [-0.05, 0) is 13.8 Å². The molecule has 0 aliphatic carbocycles. The normalized spacial score (nSPS) is 33.9. The van der Waals surface area contributed by atoms with Gasteiger partial charge in [0, 0.05) is 6.42 Å². The predicted octanol–water partition coefficient (Wildman–Crippen LogP) is -0.150. The third-order valence-corrected chi connectivity index (χ3v) is 8.46. The molecule has 6 atom stereocenters. The number of nitrogens with one attached hydrogen (secondary N) is 1. The predicted molar refractivity (Wildman–Crippen MR) is 105 cm³/mol. The molecule has 1 aromatic heterocycles. The molecule has 0 spiro atoms. The summed E-state index contributed by atoms with van der Waals surface area (Å²) in [5, 5.41) is 13.4. The van der Waals surface area contributed by atoms with Crippen molar-refractivity contribution in [3.8, 4) is 0 Å². The van der Waals surface area contributed by atoms with E-state index in [9.17, 15) is 28.6 Å². The molecule has 2 aliphatic rings. The second-order valence-corrected chi connectivity index (χ2v) is 11.8. The Labute approximate surface area is 180 Å². The van der Waals surface area contributed by atoms with Gasteiger partial charge in [-0.2, -0.15) is 8.62 Å². The second-order valence-electron chi connectivity index (χ2n) is 7.39. The van der Waals surface area contributed by atoms with E-state index < -0.39 is 53.7 Å². The molecule has 20 heteroatoms. The summed E-state index contributed by atoms with van der Waals surface area (Å²) in [7, 11) is -16.6. The first-order valence-electron chi connectivity index (χ1n) is 8.73. The van der Waals surface area contributed by atoms with Crippen molar-refractivity contribution < 1.29 is 56.3 Å². The van der Waals surface area contributed by atoms with Crippen LogP contribution in [0.15, 0.2) is 11.3 Å². The van der Waals surface area contributed by atoms with Crippen LogP contribution >= 0.6 is 23.5 Å². The van der Waals surface area contributed by atoms with Crippen LogP contribution in [-0.4, -0.2) is 58.9 Å². The number of aromatic nitrogens is 2. The maximum atomic E-state index is 12.0. The van der Waals surface area contributed by atoms with E-state index in [1.807, 2.05) is 0 Å². The highest BCUT2D eigenvalue weighted by Crippen LogP contribution is 2.66. The molecule has 32 heavy (non-hydrogen) atoms. The first-order chi connectivity index (χ1) is 14.5. The van der Waals surface area contributed by atoms with Gasteiger partial charge in [0.1, 0.15) is 29.0 Å². The van der Waals surface area contributed by atoms with Crippen LogP contribution in [0.25, 0.3) is 0 Å². The fourth-order valence-corrected chi connectivity index (χ4v) is 6.42. The maximum absolute atomic E-state index is 12.0. The quantitative estimate of drug-likeness (QED) is 0.219. The Bertz CT molecular complexity index is 1060. The van der Waals surface area contributed by atoms with Crippen molar-refractivity contribution in [3.05, 3.63) is 12.0 Å². The number of aliphatic hydroxyl groups is 1. The fraction of sp³-hybridized carbons (Fsp3) is 0.667. The molecule has 17 nitrogen and oxygen atoms in total. The summed E-state index contributed by atoms with van der Waals surface area (Å²) in [4.78, 5) is 44.2. The van der Waals surface area contributed by atoms with E-state index >= 15 is 0 Å². The number of rotatable bonds is 8. The Morgan fingerprint density at radius 3 is 2.53 bits per heavy atom. The van der Waals surface area contributed by atoms with Gasteiger partial charge in [0.15, 0.2) is 0 Å². The molecule has 182 valence electrons. The number of ether oxygens (including phenoxy) is 1. The van der Waals surface area contributed by atoms with Gasteiger partial charge in [-0.15, -0.1) is 0 Å². The topological polar surface area (TPSA) is 258 Å². The van der Waals surface area contributed by atoms with E-state index in [2.05, 4.69) is 28.4 Å². The summed E-state index contributed by atoms with van der Waals surface area (Å²) in [6.45, 7) is 2.13. The molecule has 1 aromatic rings. The number of imidazole rings is 1. The number of hydrogen-bond acceptors (Lipinski definition) is 12. The van der Waals surface area contributed by atoms with Crippen molar-refractivity contribution in [1.29, 1.82) is 0 Å². The Kier molecular flexibility index (Phi) is 6.66. The summed E-state index contributed by atoms with van der Waals surface area (Å²) in [5.41, 5.74) is 3.44. The molecule has 0 bridgehead atoms. The molecule has 0 radical (unpaired) electrons. The maximum Gasteiger partial charge on any atom is 0.490 e. The highest BCUT2D eigenvalue weighted by molar-refractivity contribution is 7.66. The smallest absolute Gasteiger partial charge is 0.390 e. The molecule has 3 heterocycles. The molecule has 3 rings (SSSR count). The van der Waals surface area contributed by atoms with Gasteiger partial charge in [0.2, 0.25) is 0 Å². The highest BCUT2D eigenvalue weighted by Gasteiger charge is 2.54. The highest BCUT2D eigenvalue weighted by atomic mass is 31.3. The lowest BCUT2D eigenvalue weighted by atomic mass is 9.98. The lowest BCUT2D eigenvalue weighted by molar-refractivity contribution is -0.158. The van der Waals surface area contributed by atoms with Gasteiger partial charge < -0.3 is 40.5 Å². The average Bonchev–Trinajstić information content (AvgIpc) is 3.12. The number of nitrogens with zero attached hydrogens (tertiary/aromatic N) is 3. The van der Waals surface area contributed by atoms with Crippen molar-refractivity contribution in [3.63, 3.8) is 0 Å². The van der Waals surface area contributed by atoms with Gasteiger partial charge in [0.05, 0.1) is 25.4 Å². The van der Waals surface area contributed by atoms with Crippen LogP contribution in [0, 0.1) is 0 Å². The van der Waals surface area contributed by atoms with E-state index in [1.165, 1.54) is 19.6 Å². The van der Waals surface area contributed by atoms with Crippen LogP contribution in [0.1, 0.15) is 32.1 Å². The number of anilines is 1. The largest absolute Gasteiger partial charge is 0.490 e. The molecule has 8 N–H and O–H groups in total. The summed E-state index contributed by atoms with van der Waals surface area (Å²) in [6.07, 6.45) is 0.782. The van der Waals surface area contributed by atoms with Gasteiger partial charge in [-0.25, -0.2) is 18.7 Å². The van der Waals surface area contributed by atoms with Gasteiger partial charge in [0.25, 0.3) is 0 Å². The molecule has 1 fully saturated rings. The number of fused-ring (bicyclic) bond motifs is 1. The minimum absolute atomic E-state index is 0.0277. The van der Waals surface area contributed by atoms with E-state index in [-0.39, 0.29) is 6.42 Å². The first-order valence-corrected chi connectivity index (χ1v) is 13.3. The van der Waals surface area contributed by atoms with Crippen molar-refractivity contribution in [1.82, 2.24) is 9.55 Å². The zero-order valence-corrected chi connectivity index (χ0v) is 19.3. The minimum atomic E-state index is -5.67. The second kappa shape index (κ2) is 8.32. The lowest BCUT2D eigenvalue weighted by Gasteiger charge is -2.33. The van der Waals surface area contributed by atoms with Gasteiger partial charge in [-0.3, -0.25) is 14.1 Å². The molecule has 2 aliphatic heterocycles. The molecular weight excluding hydrogens is 499 g/mol. The Hall–Kier alpha value is -1.03. The number of aliphatic hydroxyl groups excluding tert-OH is 1. The zero-order valence-electron chi connectivity index (χ0n) is 16.6. The minimum Gasteiger partial charge on any atom is -0.390 e. The molecule has 0 aromatic carbocycles. The zero-order chi connectivity index (χ0) is 24.2. The van der Waals surface area contributed by atoms with Crippen molar-refractivity contribution in [2.75, 3.05) is 11.9 Å². The number of phosphoric ester groups is 1. The van der Waals surface area contributed by atoms with Crippen molar-refractivity contribution in [2.24, 2.45) is 10.7 Å². The van der Waals surface area contributed by atoms with Crippen LogP contribution in [0.3, 0.4) is 0 Å². The number of nitrogens with two attached hydrogens (primary N) is 1. The van der Waals surface area contributed by atoms with Crippen LogP contribution in [0.4, 0.5) is 5.82 Å². The Morgan fingerprint density at radius 2 is 1.91 bits per heavy atom.